The highest BCUT2D eigenvalue weighted by atomic mass is 28.4. The Morgan fingerprint density at radius 1 is 0.508 bits per heavy atom. The maximum atomic E-state index is 13.9. The lowest BCUT2D eigenvalue weighted by Gasteiger charge is -2.43. The highest BCUT2D eigenvalue weighted by Crippen LogP contribution is 2.52. The molecule has 1 fully saturated rings. The molecule has 342 valence electrons. The van der Waals surface area contributed by atoms with E-state index >= 15 is 0 Å². The minimum absolute atomic E-state index is 0.0901. The average Bonchev–Trinajstić information content (AvgIpc) is 4.02. The van der Waals surface area contributed by atoms with E-state index in [4.69, 9.17) is 8.85 Å². The lowest BCUT2D eigenvalue weighted by Crippen LogP contribution is -2.66. The first-order valence-corrected chi connectivity index (χ1v) is 25.8. The first-order valence-electron chi connectivity index (χ1n) is 22.0. The quantitative estimate of drug-likeness (QED) is 0.0899. The summed E-state index contributed by atoms with van der Waals surface area (Å²) >= 11 is 0. The van der Waals surface area contributed by atoms with E-state index in [0.717, 1.165) is 33.6 Å². The van der Waals surface area contributed by atoms with Crippen LogP contribution in [0.1, 0.15) is 102 Å². The van der Waals surface area contributed by atoms with E-state index in [2.05, 4.69) is 96.7 Å². The number of hydrogen-bond acceptors (Lipinski definition) is 2. The van der Waals surface area contributed by atoms with Crippen LogP contribution in [0.15, 0.2) is 164 Å². The van der Waals surface area contributed by atoms with Gasteiger partial charge in [-0.1, -0.05) is 206 Å². The molecule has 0 radical (unpaired) electrons. The van der Waals surface area contributed by atoms with Crippen molar-refractivity contribution in [1.29, 1.82) is 0 Å². The SMILES string of the molecule is C=C(C)c1ccc(CO[Si](c2ccccc2)(c2ccccc2)C(C)(C)C)cc1C(F)(F)F.CC1(c2ccc(CO[Si](c3ccccc3)(c3ccccc3)C(C)(C)C)cc2C(F)(F)F)CC1. The van der Waals surface area contributed by atoms with E-state index in [0.29, 0.717) is 22.3 Å². The molecule has 1 saturated carbocycles. The number of benzene rings is 6. The van der Waals surface area contributed by atoms with Gasteiger partial charge in [-0.3, -0.25) is 0 Å². The molecule has 65 heavy (non-hydrogen) atoms. The van der Waals surface area contributed by atoms with Gasteiger partial charge in [0.15, 0.2) is 0 Å². The maximum Gasteiger partial charge on any atom is 0.417 e. The number of halogens is 6. The minimum atomic E-state index is -4.46. The van der Waals surface area contributed by atoms with Crippen LogP contribution in [0.3, 0.4) is 0 Å². The molecule has 0 aliphatic heterocycles. The Morgan fingerprint density at radius 3 is 1.12 bits per heavy atom. The van der Waals surface area contributed by atoms with Crippen molar-refractivity contribution in [3.05, 3.63) is 198 Å². The van der Waals surface area contributed by atoms with Crippen LogP contribution in [0.2, 0.25) is 10.1 Å². The van der Waals surface area contributed by atoms with Gasteiger partial charge in [0.2, 0.25) is 0 Å². The van der Waals surface area contributed by atoms with E-state index in [1.807, 2.05) is 85.8 Å². The number of rotatable bonds is 12. The van der Waals surface area contributed by atoms with Crippen molar-refractivity contribution >= 4 is 43.0 Å². The Balaban J connectivity index is 0.000000216. The Hall–Kier alpha value is -5.01. The predicted molar refractivity (Wildman–Crippen MR) is 259 cm³/mol. The Morgan fingerprint density at radius 2 is 0.831 bits per heavy atom. The first-order chi connectivity index (χ1) is 30.4. The Bertz CT molecular complexity index is 2440. The summed E-state index contributed by atoms with van der Waals surface area (Å²) in [4.78, 5) is 0. The molecule has 0 spiro atoms. The third-order valence-corrected chi connectivity index (χ3v) is 22.6. The van der Waals surface area contributed by atoms with E-state index in [9.17, 15) is 26.3 Å². The fraction of sp³-hybridized carbons (Fsp3) is 0.309. The van der Waals surface area contributed by atoms with Crippen molar-refractivity contribution in [3.63, 3.8) is 0 Å². The summed E-state index contributed by atoms with van der Waals surface area (Å²) in [6, 6.07) is 49.6. The van der Waals surface area contributed by atoms with Crippen molar-refractivity contribution in [2.24, 2.45) is 0 Å². The summed E-state index contributed by atoms with van der Waals surface area (Å²) in [6.45, 7) is 20.3. The van der Waals surface area contributed by atoms with Gasteiger partial charge >= 0.3 is 12.4 Å². The van der Waals surface area contributed by atoms with E-state index < -0.39 is 40.1 Å². The summed E-state index contributed by atoms with van der Waals surface area (Å²) < 4.78 is 96.6. The van der Waals surface area contributed by atoms with Gasteiger partial charge in [-0.15, -0.1) is 0 Å². The molecule has 0 bridgehead atoms. The number of allylic oxidation sites excluding steroid dienone is 1. The topological polar surface area (TPSA) is 18.5 Å². The van der Waals surface area contributed by atoms with Gasteiger partial charge in [0.1, 0.15) is 0 Å². The molecular formula is C55H60F6O2Si2. The van der Waals surface area contributed by atoms with Crippen LogP contribution in [0.4, 0.5) is 26.3 Å². The summed E-state index contributed by atoms with van der Waals surface area (Å²) in [5, 5.41) is 3.93. The van der Waals surface area contributed by atoms with Crippen molar-refractivity contribution in [3.8, 4) is 0 Å². The Labute approximate surface area is 383 Å². The highest BCUT2D eigenvalue weighted by molar-refractivity contribution is 7.00. The zero-order valence-corrected chi connectivity index (χ0v) is 40.6. The molecule has 2 nitrogen and oxygen atoms in total. The van der Waals surface area contributed by atoms with Crippen LogP contribution < -0.4 is 20.7 Å². The fourth-order valence-corrected chi connectivity index (χ4v) is 18.2. The van der Waals surface area contributed by atoms with Gasteiger partial charge in [-0.25, -0.2) is 0 Å². The summed E-state index contributed by atoms with van der Waals surface area (Å²) in [7, 11) is -5.64. The summed E-state index contributed by atoms with van der Waals surface area (Å²) in [6.07, 6.45) is -7.24. The zero-order chi connectivity index (χ0) is 47.5. The second-order valence-electron chi connectivity index (χ2n) is 19.5. The van der Waals surface area contributed by atoms with Crippen LogP contribution in [0.5, 0.6) is 0 Å². The van der Waals surface area contributed by atoms with Crippen LogP contribution in [-0.4, -0.2) is 16.6 Å². The van der Waals surface area contributed by atoms with Gasteiger partial charge < -0.3 is 8.85 Å². The lowest BCUT2D eigenvalue weighted by atomic mass is 9.91. The van der Waals surface area contributed by atoms with E-state index in [1.54, 1.807) is 19.1 Å². The van der Waals surface area contributed by atoms with Crippen LogP contribution in [0.25, 0.3) is 5.57 Å². The minimum Gasteiger partial charge on any atom is -0.403 e. The highest BCUT2D eigenvalue weighted by Gasteiger charge is 2.52. The van der Waals surface area contributed by atoms with Gasteiger partial charge in [-0.05, 0) is 90.4 Å². The van der Waals surface area contributed by atoms with Gasteiger partial charge in [0.25, 0.3) is 16.6 Å². The average molecular weight is 923 g/mol. The number of alkyl halides is 6. The molecule has 0 atom stereocenters. The Kier molecular flexibility index (Phi) is 14.5. The molecule has 0 heterocycles. The summed E-state index contributed by atoms with van der Waals surface area (Å²) in [5.41, 5.74) is 0.410. The summed E-state index contributed by atoms with van der Waals surface area (Å²) in [5.74, 6) is 0. The van der Waals surface area contributed by atoms with Crippen LogP contribution in [0, 0.1) is 0 Å². The molecule has 0 N–H and O–H groups in total. The van der Waals surface area contributed by atoms with Crippen LogP contribution >= 0.6 is 0 Å². The second kappa shape index (κ2) is 19.1. The van der Waals surface area contributed by atoms with Crippen molar-refractivity contribution in [2.45, 2.75) is 109 Å². The molecule has 10 heteroatoms. The third-order valence-electron chi connectivity index (χ3n) is 12.6. The second-order valence-corrected chi connectivity index (χ2v) is 28.1. The zero-order valence-electron chi connectivity index (χ0n) is 38.6. The van der Waals surface area contributed by atoms with Crippen molar-refractivity contribution in [2.75, 3.05) is 0 Å². The van der Waals surface area contributed by atoms with E-state index in [1.165, 1.54) is 18.2 Å². The van der Waals surface area contributed by atoms with E-state index in [-0.39, 0.29) is 34.3 Å². The molecule has 6 aromatic carbocycles. The van der Waals surface area contributed by atoms with Gasteiger partial charge in [-0.2, -0.15) is 26.3 Å². The maximum absolute atomic E-state index is 13.9. The third kappa shape index (κ3) is 10.7. The van der Waals surface area contributed by atoms with Crippen LogP contribution in [-0.2, 0) is 39.8 Å². The molecule has 1 aliphatic carbocycles. The largest absolute Gasteiger partial charge is 0.417 e. The van der Waals surface area contributed by atoms with Crippen molar-refractivity contribution < 1.29 is 35.2 Å². The predicted octanol–water partition coefficient (Wildman–Crippen LogP) is 13.6. The monoisotopic (exact) mass is 922 g/mol. The number of hydrogen-bond donors (Lipinski definition) is 0. The molecule has 0 aromatic heterocycles. The van der Waals surface area contributed by atoms with Gasteiger partial charge in [0, 0.05) is 0 Å². The molecule has 0 saturated heterocycles. The fourth-order valence-electron chi connectivity index (χ4n) is 9.09. The molecule has 0 amide bonds. The first kappa shape index (κ1) is 49.4. The molecule has 1 aliphatic rings. The molecule has 6 aromatic rings. The van der Waals surface area contributed by atoms with Gasteiger partial charge in [0.05, 0.1) is 24.3 Å². The van der Waals surface area contributed by atoms with Crippen molar-refractivity contribution in [1.82, 2.24) is 0 Å². The lowest BCUT2D eigenvalue weighted by molar-refractivity contribution is -0.139. The molecule has 0 unspecified atom stereocenters. The smallest absolute Gasteiger partial charge is 0.403 e. The normalized spacial score (nSPS) is 14.3. The molecule has 7 rings (SSSR count). The molecular weight excluding hydrogens is 863 g/mol. The standard InChI is InChI=1S/C28H31F3OSi.C27H29F3OSi/c1-26(2,3)33(22-11-7-5-8-12-22,23-13-9-6-10-14-23)32-20-21-15-16-24(27(4)17-18-27)25(19-21)28(29,30)31;1-20(2)24-17-16-21(18-25(24)27(28,29)30)19-31-32(26(3,4)5,22-12-8-6-9-13-22)23-14-10-7-11-15-23/h5-16,19H,17-18,20H2,1-4H3;6-18H,1,19H2,2-5H3.